The Bertz CT molecular complexity index is 691. The number of fused-ring (bicyclic) bond motifs is 1. The first-order chi connectivity index (χ1) is 11.1. The van der Waals surface area contributed by atoms with Gasteiger partial charge in [0, 0.05) is 18.1 Å². The van der Waals surface area contributed by atoms with Gasteiger partial charge in [0.15, 0.2) is 5.82 Å². The number of benzene rings is 1. The summed E-state index contributed by atoms with van der Waals surface area (Å²) in [5, 5.41) is 6.79. The molecule has 2 aromatic rings. The normalized spacial score (nSPS) is 20.2. The van der Waals surface area contributed by atoms with Gasteiger partial charge in [0.2, 0.25) is 0 Å². The van der Waals surface area contributed by atoms with E-state index >= 15 is 0 Å². The van der Waals surface area contributed by atoms with Crippen LogP contribution in [0.4, 0.5) is 10.2 Å². The maximum Gasteiger partial charge on any atom is 0.156 e. The van der Waals surface area contributed by atoms with Crippen LogP contribution >= 0.6 is 0 Å². The summed E-state index contributed by atoms with van der Waals surface area (Å²) in [6, 6.07) is 3.08. The second kappa shape index (κ2) is 7.02. The van der Waals surface area contributed by atoms with E-state index in [0.29, 0.717) is 29.2 Å². The zero-order valence-corrected chi connectivity index (χ0v) is 13.5. The van der Waals surface area contributed by atoms with Crippen molar-refractivity contribution in [2.45, 2.75) is 39.0 Å². The molecule has 4 nitrogen and oxygen atoms in total. The highest BCUT2D eigenvalue weighted by Gasteiger charge is 2.13. The van der Waals surface area contributed by atoms with E-state index in [2.05, 4.69) is 29.3 Å². The molecule has 124 valence electrons. The Hall–Kier alpha value is -2.04. The van der Waals surface area contributed by atoms with Crippen molar-refractivity contribution in [3.8, 4) is 5.75 Å². The molecule has 3 N–H and O–H groups in total. The van der Waals surface area contributed by atoms with Crippen molar-refractivity contribution < 1.29 is 9.13 Å². The summed E-state index contributed by atoms with van der Waals surface area (Å²) in [6.45, 7) is 2.88. The van der Waals surface area contributed by atoms with Gasteiger partial charge in [-0.3, -0.25) is 5.10 Å². The first kappa shape index (κ1) is 15.8. The summed E-state index contributed by atoms with van der Waals surface area (Å²) in [6.07, 6.45) is 10.9. The number of anilines is 1. The van der Waals surface area contributed by atoms with Gasteiger partial charge in [0.25, 0.3) is 0 Å². The van der Waals surface area contributed by atoms with E-state index in [9.17, 15) is 4.39 Å². The SMILES string of the molecule is CC1CCC1.Nc1n[nH]c2cc(OCC3C=CCC3)cc(F)c12. The van der Waals surface area contributed by atoms with Crippen LogP contribution in [0.2, 0.25) is 0 Å². The Morgan fingerprint density at radius 3 is 2.74 bits per heavy atom. The molecule has 1 aromatic heterocycles. The van der Waals surface area contributed by atoms with Gasteiger partial charge in [-0.15, -0.1) is 0 Å². The van der Waals surface area contributed by atoms with Crippen LogP contribution in [0.1, 0.15) is 39.0 Å². The van der Waals surface area contributed by atoms with Gasteiger partial charge in [-0.2, -0.15) is 5.10 Å². The van der Waals surface area contributed by atoms with Crippen molar-refractivity contribution in [1.82, 2.24) is 10.2 Å². The Labute approximate surface area is 135 Å². The number of nitrogens with two attached hydrogens (primary N) is 1. The van der Waals surface area contributed by atoms with E-state index in [0.717, 1.165) is 18.8 Å². The van der Waals surface area contributed by atoms with E-state index in [4.69, 9.17) is 10.5 Å². The molecule has 0 amide bonds. The zero-order valence-electron chi connectivity index (χ0n) is 13.5. The maximum absolute atomic E-state index is 13.8. The van der Waals surface area contributed by atoms with E-state index in [-0.39, 0.29) is 5.82 Å². The number of hydrogen-bond donors (Lipinski definition) is 2. The van der Waals surface area contributed by atoms with Crippen molar-refractivity contribution in [3.05, 3.63) is 30.1 Å². The smallest absolute Gasteiger partial charge is 0.156 e. The lowest BCUT2D eigenvalue weighted by atomic mass is 9.88. The van der Waals surface area contributed by atoms with E-state index < -0.39 is 5.82 Å². The number of rotatable bonds is 3. The lowest BCUT2D eigenvalue weighted by Crippen LogP contribution is -2.07. The van der Waals surface area contributed by atoms with Gasteiger partial charge in [0.1, 0.15) is 11.6 Å². The summed E-state index contributed by atoms with van der Waals surface area (Å²) in [5.41, 5.74) is 6.13. The van der Waals surface area contributed by atoms with Crippen molar-refractivity contribution in [2.75, 3.05) is 12.3 Å². The quantitative estimate of drug-likeness (QED) is 0.823. The average Bonchev–Trinajstić information content (AvgIpc) is 3.14. The van der Waals surface area contributed by atoms with Crippen LogP contribution in [0.15, 0.2) is 24.3 Å². The third-order valence-electron chi connectivity index (χ3n) is 4.59. The van der Waals surface area contributed by atoms with Gasteiger partial charge >= 0.3 is 0 Å². The molecule has 4 rings (SSSR count). The average molecular weight is 317 g/mol. The van der Waals surface area contributed by atoms with E-state index in [1.54, 1.807) is 6.07 Å². The third-order valence-corrected chi connectivity index (χ3v) is 4.59. The Balaban J connectivity index is 0.000000267. The molecule has 2 aliphatic rings. The van der Waals surface area contributed by atoms with Gasteiger partial charge < -0.3 is 10.5 Å². The van der Waals surface area contributed by atoms with Gasteiger partial charge in [-0.1, -0.05) is 38.3 Å². The number of aromatic nitrogens is 2. The molecule has 1 fully saturated rings. The van der Waals surface area contributed by atoms with Crippen molar-refractivity contribution in [3.63, 3.8) is 0 Å². The monoisotopic (exact) mass is 317 g/mol. The molecule has 1 atom stereocenters. The first-order valence-corrected chi connectivity index (χ1v) is 8.36. The molecule has 0 spiro atoms. The molecule has 5 heteroatoms. The molecule has 1 aromatic carbocycles. The van der Waals surface area contributed by atoms with Crippen LogP contribution in [0.25, 0.3) is 10.9 Å². The number of nitrogen functional groups attached to an aromatic ring is 1. The number of ether oxygens (including phenoxy) is 1. The van der Waals surface area contributed by atoms with E-state index in [1.807, 2.05) is 0 Å². The fraction of sp³-hybridized carbons (Fsp3) is 0.500. The predicted molar refractivity (Wildman–Crippen MR) is 90.8 cm³/mol. The molecule has 23 heavy (non-hydrogen) atoms. The molecule has 0 radical (unpaired) electrons. The second-order valence-corrected chi connectivity index (χ2v) is 6.55. The highest BCUT2D eigenvalue weighted by molar-refractivity contribution is 5.90. The van der Waals surface area contributed by atoms with Gasteiger partial charge in [-0.05, 0) is 18.8 Å². The van der Waals surface area contributed by atoms with Crippen molar-refractivity contribution in [1.29, 1.82) is 0 Å². The first-order valence-electron chi connectivity index (χ1n) is 8.36. The molecule has 1 unspecified atom stereocenters. The van der Waals surface area contributed by atoms with Crippen LogP contribution in [0, 0.1) is 17.7 Å². The molecule has 0 bridgehead atoms. The molecule has 1 heterocycles. The summed E-state index contributed by atoms with van der Waals surface area (Å²) in [4.78, 5) is 0. The number of hydrogen-bond acceptors (Lipinski definition) is 3. The van der Waals surface area contributed by atoms with Crippen LogP contribution in [0.5, 0.6) is 5.75 Å². The lowest BCUT2D eigenvalue weighted by Gasteiger charge is -2.18. The van der Waals surface area contributed by atoms with Gasteiger partial charge in [-0.25, -0.2) is 4.39 Å². The molecular weight excluding hydrogens is 293 g/mol. The second-order valence-electron chi connectivity index (χ2n) is 6.55. The third kappa shape index (κ3) is 3.84. The minimum absolute atomic E-state index is 0.174. The predicted octanol–water partition coefficient (Wildman–Crippen LogP) is 4.44. The van der Waals surface area contributed by atoms with Crippen molar-refractivity contribution >= 4 is 16.7 Å². The van der Waals surface area contributed by atoms with Gasteiger partial charge in [0.05, 0.1) is 17.5 Å². The fourth-order valence-corrected chi connectivity index (χ4v) is 2.84. The largest absolute Gasteiger partial charge is 0.493 e. The number of aromatic amines is 1. The number of nitrogens with zero attached hydrogens (tertiary/aromatic N) is 1. The Kier molecular flexibility index (Phi) is 4.84. The Morgan fingerprint density at radius 1 is 1.35 bits per heavy atom. The zero-order chi connectivity index (χ0) is 16.2. The minimum atomic E-state index is -0.407. The molecule has 0 aliphatic heterocycles. The molecular formula is C18H24FN3O. The van der Waals surface area contributed by atoms with E-state index in [1.165, 1.54) is 25.3 Å². The number of H-pyrrole nitrogens is 1. The minimum Gasteiger partial charge on any atom is -0.493 e. The number of halogens is 1. The maximum atomic E-state index is 13.8. The van der Waals surface area contributed by atoms with Crippen LogP contribution < -0.4 is 10.5 Å². The summed E-state index contributed by atoms with van der Waals surface area (Å²) in [5.74, 6) is 1.76. The Morgan fingerprint density at radius 2 is 2.13 bits per heavy atom. The molecule has 1 saturated carbocycles. The molecule has 2 aliphatic carbocycles. The topological polar surface area (TPSA) is 63.9 Å². The summed E-state index contributed by atoms with van der Waals surface area (Å²) in [7, 11) is 0. The highest BCUT2D eigenvalue weighted by atomic mass is 19.1. The fourth-order valence-electron chi connectivity index (χ4n) is 2.84. The summed E-state index contributed by atoms with van der Waals surface area (Å²) < 4.78 is 19.4. The summed E-state index contributed by atoms with van der Waals surface area (Å²) >= 11 is 0. The highest BCUT2D eigenvalue weighted by Crippen LogP contribution is 2.27. The van der Waals surface area contributed by atoms with Crippen molar-refractivity contribution in [2.24, 2.45) is 11.8 Å². The lowest BCUT2D eigenvalue weighted by molar-refractivity contribution is 0.273. The number of nitrogens with one attached hydrogen (secondary N) is 1. The van der Waals surface area contributed by atoms with Crippen LogP contribution in [-0.4, -0.2) is 16.8 Å². The van der Waals surface area contributed by atoms with Crippen LogP contribution in [0.3, 0.4) is 0 Å². The molecule has 0 saturated heterocycles. The standard InChI is InChI=1S/C13H14FN3O.C5H10/c14-10-5-9(18-7-8-3-1-2-4-8)6-11-12(10)13(15)17-16-11;1-5-3-2-4-5/h1,3,5-6,8H,2,4,7H2,(H3,15,16,17);5H,2-4H2,1H3. The van der Waals surface area contributed by atoms with Crippen LogP contribution in [-0.2, 0) is 0 Å². The number of allylic oxidation sites excluding steroid dienone is 1.